The van der Waals surface area contributed by atoms with Crippen LogP contribution in [0.15, 0.2) is 0 Å². The van der Waals surface area contributed by atoms with E-state index in [0.29, 0.717) is 12.6 Å². The first-order valence-corrected chi connectivity index (χ1v) is 8.90. The van der Waals surface area contributed by atoms with Crippen molar-refractivity contribution in [1.82, 2.24) is 10.6 Å². The maximum atomic E-state index is 11.7. The van der Waals surface area contributed by atoms with E-state index >= 15 is 0 Å². The van der Waals surface area contributed by atoms with Crippen molar-refractivity contribution >= 4 is 6.09 Å². The molecule has 4 heteroatoms. The topological polar surface area (TPSA) is 50.4 Å². The Morgan fingerprint density at radius 3 is 2.41 bits per heavy atom. The largest absolute Gasteiger partial charge is 0.444 e. The smallest absolute Gasteiger partial charge is 0.407 e. The zero-order valence-corrected chi connectivity index (χ0v) is 15.4. The first kappa shape index (κ1) is 19.3. The lowest BCUT2D eigenvalue weighted by Crippen LogP contribution is -2.44. The third-order valence-corrected chi connectivity index (χ3v) is 4.43. The third-order valence-electron chi connectivity index (χ3n) is 4.43. The molecule has 130 valence electrons. The van der Waals surface area contributed by atoms with Crippen molar-refractivity contribution in [3.8, 4) is 0 Å². The van der Waals surface area contributed by atoms with Gasteiger partial charge in [-0.3, -0.25) is 0 Å². The van der Waals surface area contributed by atoms with E-state index < -0.39 is 5.60 Å². The highest BCUT2D eigenvalue weighted by Gasteiger charge is 2.22. The van der Waals surface area contributed by atoms with Gasteiger partial charge in [-0.2, -0.15) is 0 Å². The monoisotopic (exact) mass is 312 g/mol. The fourth-order valence-corrected chi connectivity index (χ4v) is 3.18. The van der Waals surface area contributed by atoms with Gasteiger partial charge in [0.05, 0.1) is 0 Å². The molecular formula is C18H36N2O2. The molecule has 1 aliphatic rings. The molecule has 0 aromatic rings. The average molecular weight is 312 g/mol. The third kappa shape index (κ3) is 8.02. The number of ether oxygens (including phenoxy) is 1. The summed E-state index contributed by atoms with van der Waals surface area (Å²) in [5, 5.41) is 6.51. The predicted octanol–water partition coefficient (Wildman–Crippen LogP) is 4.09. The molecule has 0 aliphatic heterocycles. The summed E-state index contributed by atoms with van der Waals surface area (Å²) in [6.07, 6.45) is 6.16. The molecule has 1 amide bonds. The first-order chi connectivity index (χ1) is 10.2. The van der Waals surface area contributed by atoms with Gasteiger partial charge < -0.3 is 15.4 Å². The van der Waals surface area contributed by atoms with Crippen molar-refractivity contribution < 1.29 is 9.53 Å². The number of carbonyl (C=O) groups is 1. The zero-order chi connectivity index (χ0) is 16.8. The highest BCUT2D eigenvalue weighted by molar-refractivity contribution is 5.67. The normalized spacial score (nSPS) is 24.7. The zero-order valence-electron chi connectivity index (χ0n) is 15.4. The van der Waals surface area contributed by atoms with Crippen LogP contribution in [0.2, 0.25) is 0 Å². The Kier molecular flexibility index (Phi) is 7.67. The van der Waals surface area contributed by atoms with Crippen molar-refractivity contribution in [3.63, 3.8) is 0 Å². The van der Waals surface area contributed by atoms with E-state index in [1.165, 1.54) is 32.1 Å². The van der Waals surface area contributed by atoms with Crippen LogP contribution >= 0.6 is 0 Å². The number of hydrogen-bond acceptors (Lipinski definition) is 3. The summed E-state index contributed by atoms with van der Waals surface area (Å²) >= 11 is 0. The molecule has 2 N–H and O–H groups in total. The molecule has 0 heterocycles. The van der Waals surface area contributed by atoms with Gasteiger partial charge in [0.2, 0.25) is 0 Å². The van der Waals surface area contributed by atoms with Crippen molar-refractivity contribution in [2.24, 2.45) is 11.8 Å². The van der Waals surface area contributed by atoms with Gasteiger partial charge in [-0.1, -0.05) is 26.7 Å². The molecule has 1 rings (SSSR count). The number of nitrogens with one attached hydrogen (secondary N) is 2. The number of amides is 1. The quantitative estimate of drug-likeness (QED) is 0.752. The van der Waals surface area contributed by atoms with E-state index in [-0.39, 0.29) is 12.1 Å². The molecule has 0 radical (unpaired) electrons. The van der Waals surface area contributed by atoms with Crippen molar-refractivity contribution in [1.29, 1.82) is 0 Å². The molecule has 1 saturated carbocycles. The van der Waals surface area contributed by atoms with E-state index in [1.807, 2.05) is 20.8 Å². The summed E-state index contributed by atoms with van der Waals surface area (Å²) in [5.74, 6) is 1.67. The second kappa shape index (κ2) is 8.76. The van der Waals surface area contributed by atoms with Crippen LogP contribution in [-0.2, 0) is 4.74 Å². The maximum Gasteiger partial charge on any atom is 0.407 e. The Labute approximate surface area is 136 Å². The van der Waals surface area contributed by atoms with Crippen LogP contribution < -0.4 is 10.6 Å². The van der Waals surface area contributed by atoms with Crippen LogP contribution in [0.3, 0.4) is 0 Å². The van der Waals surface area contributed by atoms with Gasteiger partial charge >= 0.3 is 6.09 Å². The molecule has 4 nitrogen and oxygen atoms in total. The van der Waals surface area contributed by atoms with Crippen molar-refractivity contribution in [2.75, 3.05) is 6.54 Å². The van der Waals surface area contributed by atoms with Gasteiger partial charge in [0, 0.05) is 18.6 Å². The Bertz CT molecular complexity index is 336. The molecular weight excluding hydrogens is 276 g/mol. The van der Waals surface area contributed by atoms with E-state index in [2.05, 4.69) is 31.4 Å². The van der Waals surface area contributed by atoms with Crippen LogP contribution in [0.4, 0.5) is 4.79 Å². The van der Waals surface area contributed by atoms with Gasteiger partial charge in [-0.05, 0) is 58.8 Å². The Morgan fingerprint density at radius 1 is 1.14 bits per heavy atom. The Hall–Kier alpha value is -0.770. The highest BCUT2D eigenvalue weighted by Crippen LogP contribution is 2.28. The minimum Gasteiger partial charge on any atom is -0.444 e. The van der Waals surface area contributed by atoms with Gasteiger partial charge in [-0.25, -0.2) is 4.79 Å². The minimum absolute atomic E-state index is 0.271. The maximum absolute atomic E-state index is 11.7. The van der Waals surface area contributed by atoms with Gasteiger partial charge in [0.25, 0.3) is 0 Å². The molecule has 0 bridgehead atoms. The van der Waals surface area contributed by atoms with Crippen molar-refractivity contribution in [2.45, 2.75) is 91.3 Å². The van der Waals surface area contributed by atoms with Crippen LogP contribution in [0.25, 0.3) is 0 Å². The van der Waals surface area contributed by atoms with E-state index in [1.54, 1.807) is 0 Å². The van der Waals surface area contributed by atoms with Crippen LogP contribution in [-0.4, -0.2) is 30.3 Å². The first-order valence-electron chi connectivity index (χ1n) is 8.90. The summed E-state index contributed by atoms with van der Waals surface area (Å²) in [7, 11) is 0. The van der Waals surface area contributed by atoms with Crippen LogP contribution in [0.5, 0.6) is 0 Å². The summed E-state index contributed by atoms with van der Waals surface area (Å²) in [4.78, 5) is 11.7. The molecule has 1 fully saturated rings. The standard InChI is InChI=1S/C18H36N2O2/c1-13(2)15-8-7-9-16(11-10-15)20-14(3)12-19-17(21)22-18(4,5)6/h13-16,20H,7-12H2,1-6H3,(H,19,21). The molecule has 3 unspecified atom stereocenters. The summed E-state index contributed by atoms with van der Waals surface area (Å²) in [6, 6.07) is 0.854. The van der Waals surface area contributed by atoms with Crippen LogP contribution in [0.1, 0.15) is 73.6 Å². The summed E-state index contributed by atoms with van der Waals surface area (Å²) < 4.78 is 5.26. The molecule has 0 aromatic heterocycles. The number of hydrogen-bond donors (Lipinski definition) is 2. The van der Waals surface area contributed by atoms with E-state index in [0.717, 1.165) is 11.8 Å². The van der Waals surface area contributed by atoms with Crippen LogP contribution in [0, 0.1) is 11.8 Å². The van der Waals surface area contributed by atoms with E-state index in [4.69, 9.17) is 4.74 Å². The fourth-order valence-electron chi connectivity index (χ4n) is 3.18. The van der Waals surface area contributed by atoms with Gasteiger partial charge in [-0.15, -0.1) is 0 Å². The summed E-state index contributed by atoms with van der Waals surface area (Å²) in [5.41, 5.74) is -0.437. The molecule has 0 saturated heterocycles. The SMILES string of the molecule is CC(CNC(=O)OC(C)(C)C)NC1CCCC(C(C)C)CC1. The predicted molar refractivity (Wildman–Crippen MR) is 92.0 cm³/mol. The molecule has 3 atom stereocenters. The van der Waals surface area contributed by atoms with Gasteiger partial charge in [0.1, 0.15) is 5.60 Å². The Balaban J connectivity index is 2.27. The lowest BCUT2D eigenvalue weighted by molar-refractivity contribution is 0.0522. The minimum atomic E-state index is -0.437. The molecule has 22 heavy (non-hydrogen) atoms. The van der Waals surface area contributed by atoms with Crippen molar-refractivity contribution in [3.05, 3.63) is 0 Å². The Morgan fingerprint density at radius 2 is 1.82 bits per heavy atom. The number of carbonyl (C=O) groups excluding carboxylic acids is 1. The summed E-state index contributed by atoms with van der Waals surface area (Å²) in [6.45, 7) is 13.1. The molecule has 1 aliphatic carbocycles. The fraction of sp³-hybridized carbons (Fsp3) is 0.944. The van der Waals surface area contributed by atoms with Gasteiger partial charge in [0.15, 0.2) is 0 Å². The number of alkyl carbamates (subject to hydrolysis) is 1. The lowest BCUT2D eigenvalue weighted by Gasteiger charge is -2.24. The average Bonchev–Trinajstić information content (AvgIpc) is 2.60. The van der Waals surface area contributed by atoms with E-state index in [9.17, 15) is 4.79 Å². The lowest BCUT2D eigenvalue weighted by atomic mass is 9.89. The second-order valence-electron chi connectivity index (χ2n) is 8.16. The second-order valence-corrected chi connectivity index (χ2v) is 8.16. The highest BCUT2D eigenvalue weighted by atomic mass is 16.6. The molecule has 0 aromatic carbocycles. The number of rotatable bonds is 5. The molecule has 0 spiro atoms.